The van der Waals surface area contributed by atoms with Crippen LogP contribution in [0.3, 0.4) is 0 Å². The zero-order valence-corrected chi connectivity index (χ0v) is 20.7. The topological polar surface area (TPSA) is 69.5 Å². The number of rotatable bonds is 11. The number of ether oxygens (including phenoxy) is 2. The van der Waals surface area contributed by atoms with Gasteiger partial charge in [0.1, 0.15) is 11.5 Å². The van der Waals surface area contributed by atoms with Gasteiger partial charge in [-0.1, -0.05) is 43.8 Å². The number of hydrogen-bond donors (Lipinski definition) is 0. The van der Waals surface area contributed by atoms with Gasteiger partial charge < -0.3 is 18.9 Å². The molecule has 8 heteroatoms. The van der Waals surface area contributed by atoms with Crippen molar-refractivity contribution in [2.45, 2.75) is 45.5 Å². The minimum Gasteiger partial charge on any atom is -0.497 e. The van der Waals surface area contributed by atoms with E-state index in [2.05, 4.69) is 28.6 Å². The second kappa shape index (κ2) is 11.7. The number of amides is 1. The average molecular weight is 469 g/mol. The molecule has 176 valence electrons. The van der Waals surface area contributed by atoms with Crippen LogP contribution in [0.2, 0.25) is 0 Å². The van der Waals surface area contributed by atoms with Crippen molar-refractivity contribution >= 4 is 23.4 Å². The van der Waals surface area contributed by atoms with E-state index in [1.165, 1.54) is 11.8 Å². The summed E-state index contributed by atoms with van der Waals surface area (Å²) < 4.78 is 13.4. The summed E-state index contributed by atoms with van der Waals surface area (Å²) in [5, 5.41) is 9.54. The van der Waals surface area contributed by atoms with Gasteiger partial charge in [0.15, 0.2) is 17.1 Å². The Morgan fingerprint density at radius 1 is 1.03 bits per heavy atom. The normalized spacial score (nSPS) is 11.9. The second-order valence-corrected chi connectivity index (χ2v) is 8.99. The first-order valence-corrected chi connectivity index (χ1v) is 12.1. The Kier molecular flexibility index (Phi) is 8.77. The molecule has 1 amide bonds. The van der Waals surface area contributed by atoms with Gasteiger partial charge in [-0.3, -0.25) is 4.79 Å². The molecule has 1 unspecified atom stereocenters. The number of nitrogens with zero attached hydrogens (tertiary/aromatic N) is 4. The van der Waals surface area contributed by atoms with E-state index in [1.54, 1.807) is 12.0 Å². The van der Waals surface area contributed by atoms with Crippen molar-refractivity contribution in [1.29, 1.82) is 0 Å². The van der Waals surface area contributed by atoms with Gasteiger partial charge in [-0.15, -0.1) is 10.2 Å². The molecule has 3 aromatic rings. The van der Waals surface area contributed by atoms with Crippen molar-refractivity contribution in [1.82, 2.24) is 14.8 Å². The van der Waals surface area contributed by atoms with Crippen LogP contribution in [0.4, 0.5) is 5.69 Å². The fraction of sp³-hybridized carbons (Fsp3) is 0.400. The van der Waals surface area contributed by atoms with Crippen LogP contribution >= 0.6 is 11.8 Å². The zero-order chi connectivity index (χ0) is 23.8. The van der Waals surface area contributed by atoms with E-state index >= 15 is 0 Å². The van der Waals surface area contributed by atoms with Crippen LogP contribution in [-0.2, 0) is 11.3 Å². The molecule has 0 bridgehead atoms. The fourth-order valence-corrected chi connectivity index (χ4v) is 4.30. The van der Waals surface area contributed by atoms with Crippen LogP contribution < -0.4 is 14.4 Å². The maximum absolute atomic E-state index is 12.9. The van der Waals surface area contributed by atoms with Crippen LogP contribution in [0.25, 0.3) is 0 Å². The molecule has 1 atom stereocenters. The molecule has 0 saturated carbocycles. The molecule has 0 aliphatic carbocycles. The number of methoxy groups -OCH3 is 1. The Labute approximate surface area is 200 Å². The summed E-state index contributed by atoms with van der Waals surface area (Å²) in [5.41, 5.74) is 0.899. The molecule has 0 N–H and O–H groups in total. The van der Waals surface area contributed by atoms with E-state index in [1.807, 2.05) is 68.4 Å². The molecule has 0 radical (unpaired) electrons. The summed E-state index contributed by atoms with van der Waals surface area (Å²) in [4.78, 5) is 14.7. The highest BCUT2D eigenvalue weighted by atomic mass is 32.2. The van der Waals surface area contributed by atoms with Gasteiger partial charge in [-0.05, 0) is 56.2 Å². The second-order valence-electron chi connectivity index (χ2n) is 8.04. The van der Waals surface area contributed by atoms with Gasteiger partial charge in [-0.2, -0.15) is 0 Å². The highest BCUT2D eigenvalue weighted by molar-refractivity contribution is 7.99. The maximum atomic E-state index is 12.9. The fourth-order valence-electron chi connectivity index (χ4n) is 3.47. The van der Waals surface area contributed by atoms with E-state index < -0.39 is 0 Å². The van der Waals surface area contributed by atoms with Crippen LogP contribution in [0, 0.1) is 5.92 Å². The molecule has 0 aliphatic heterocycles. The van der Waals surface area contributed by atoms with Gasteiger partial charge >= 0.3 is 0 Å². The first-order valence-electron chi connectivity index (χ1n) is 11.1. The third kappa shape index (κ3) is 6.51. The van der Waals surface area contributed by atoms with Crippen LogP contribution in [0.1, 0.15) is 39.6 Å². The molecule has 7 nitrogen and oxygen atoms in total. The lowest BCUT2D eigenvalue weighted by Gasteiger charge is -2.21. The van der Waals surface area contributed by atoms with Crippen LogP contribution in [0.5, 0.6) is 11.5 Å². The highest BCUT2D eigenvalue weighted by Crippen LogP contribution is 2.27. The van der Waals surface area contributed by atoms with E-state index in [0.717, 1.165) is 34.7 Å². The van der Waals surface area contributed by atoms with Gasteiger partial charge in [0, 0.05) is 18.8 Å². The molecule has 3 rings (SSSR count). The first kappa shape index (κ1) is 24.6. The number of carbonyl (C=O) groups excluding carboxylic acids is 1. The number of hydrogen-bond acceptors (Lipinski definition) is 6. The van der Waals surface area contributed by atoms with Gasteiger partial charge in [0.25, 0.3) is 0 Å². The Hall–Kier alpha value is -3.00. The van der Waals surface area contributed by atoms with Gasteiger partial charge in [0.05, 0.1) is 12.9 Å². The molecular weight excluding hydrogens is 436 g/mol. The van der Waals surface area contributed by atoms with Crippen molar-refractivity contribution in [2.75, 3.05) is 24.3 Å². The minimum atomic E-state index is -0.300. The average Bonchev–Trinajstić information content (AvgIpc) is 3.21. The highest BCUT2D eigenvalue weighted by Gasteiger charge is 2.22. The van der Waals surface area contributed by atoms with Crippen molar-refractivity contribution in [2.24, 2.45) is 5.92 Å². The van der Waals surface area contributed by atoms with E-state index in [0.29, 0.717) is 12.5 Å². The number of anilines is 1. The molecule has 2 aromatic carbocycles. The lowest BCUT2D eigenvalue weighted by molar-refractivity contribution is -0.116. The smallest absolute Gasteiger partial charge is 0.237 e. The first-order chi connectivity index (χ1) is 15.9. The predicted molar refractivity (Wildman–Crippen MR) is 132 cm³/mol. The third-order valence-electron chi connectivity index (χ3n) is 5.04. The monoisotopic (exact) mass is 468 g/mol. The number of para-hydroxylation sites is 1. The summed E-state index contributed by atoms with van der Waals surface area (Å²) in [7, 11) is 1.64. The lowest BCUT2D eigenvalue weighted by Crippen LogP contribution is -2.32. The molecule has 0 aliphatic rings. The molecule has 0 spiro atoms. The van der Waals surface area contributed by atoms with Crippen LogP contribution in [0.15, 0.2) is 59.8 Å². The van der Waals surface area contributed by atoms with Crippen molar-refractivity contribution in [3.63, 3.8) is 0 Å². The maximum Gasteiger partial charge on any atom is 0.237 e. The Balaban J connectivity index is 1.73. The number of aromatic nitrogens is 3. The summed E-state index contributed by atoms with van der Waals surface area (Å²) in [6.45, 7) is 9.58. The Morgan fingerprint density at radius 3 is 2.30 bits per heavy atom. The van der Waals surface area contributed by atoms with Gasteiger partial charge in [-0.25, -0.2) is 0 Å². The molecule has 0 fully saturated rings. The molecule has 0 saturated heterocycles. The largest absolute Gasteiger partial charge is 0.497 e. The Bertz CT molecular complexity index is 1020. The SMILES string of the molecule is CCN(C(=O)CSc1nnc(C(C)Oc2ccc(OC)cc2)n1CC(C)C)c1ccccc1. The lowest BCUT2D eigenvalue weighted by atomic mass is 10.2. The Morgan fingerprint density at radius 2 is 1.70 bits per heavy atom. The van der Waals surface area contributed by atoms with E-state index in [9.17, 15) is 4.79 Å². The third-order valence-corrected chi connectivity index (χ3v) is 5.99. The standard InChI is InChI=1S/C25H32N4O3S/c1-6-28(20-10-8-7-9-11-20)23(30)17-33-25-27-26-24(29(25)16-18(2)3)19(4)32-22-14-12-21(31-5)13-15-22/h7-15,18-19H,6,16-17H2,1-5H3. The van der Waals surface area contributed by atoms with Crippen molar-refractivity contribution < 1.29 is 14.3 Å². The van der Waals surface area contributed by atoms with Gasteiger partial charge in [0.2, 0.25) is 5.91 Å². The summed E-state index contributed by atoms with van der Waals surface area (Å²) in [6.07, 6.45) is -0.300. The summed E-state index contributed by atoms with van der Waals surface area (Å²) >= 11 is 1.41. The molecule has 1 aromatic heterocycles. The minimum absolute atomic E-state index is 0.0388. The summed E-state index contributed by atoms with van der Waals surface area (Å²) in [6, 6.07) is 17.2. The quantitative estimate of drug-likeness (QED) is 0.359. The molecule has 1 heterocycles. The number of benzene rings is 2. The van der Waals surface area contributed by atoms with Crippen LogP contribution in [-0.4, -0.2) is 40.1 Å². The van der Waals surface area contributed by atoms with E-state index in [-0.39, 0.29) is 17.8 Å². The number of thioether (sulfide) groups is 1. The number of carbonyl (C=O) groups is 1. The summed E-state index contributed by atoms with van der Waals surface area (Å²) in [5.74, 6) is 2.96. The predicted octanol–water partition coefficient (Wildman–Crippen LogP) is 5.23. The van der Waals surface area contributed by atoms with Crippen molar-refractivity contribution in [3.8, 4) is 11.5 Å². The molecule has 33 heavy (non-hydrogen) atoms. The van der Waals surface area contributed by atoms with Crippen molar-refractivity contribution in [3.05, 3.63) is 60.4 Å². The zero-order valence-electron chi connectivity index (χ0n) is 19.9. The van der Waals surface area contributed by atoms with E-state index in [4.69, 9.17) is 9.47 Å². The molecular formula is C25H32N4O3S.